The van der Waals surface area contributed by atoms with Gasteiger partial charge in [0.2, 0.25) is 5.91 Å². The zero-order valence-electron chi connectivity index (χ0n) is 14.6. The average molecular weight is 410 g/mol. The van der Waals surface area contributed by atoms with Crippen molar-refractivity contribution in [3.63, 3.8) is 0 Å². The van der Waals surface area contributed by atoms with Gasteiger partial charge in [0.15, 0.2) is 0 Å². The molecule has 1 aromatic carbocycles. The van der Waals surface area contributed by atoms with Crippen LogP contribution < -0.4 is 5.32 Å². The summed E-state index contributed by atoms with van der Waals surface area (Å²) < 4.78 is 13.3. The smallest absolute Gasteiger partial charge is 0.230 e. The number of aromatic nitrogens is 3. The molecule has 3 heterocycles. The highest BCUT2D eigenvalue weighted by atomic mass is 32.2. The van der Waals surface area contributed by atoms with E-state index in [4.69, 9.17) is 0 Å². The molecule has 0 atom stereocenters. The lowest BCUT2D eigenvalue weighted by molar-refractivity contribution is -0.118. The Morgan fingerprint density at radius 2 is 1.96 bits per heavy atom. The predicted molar refractivity (Wildman–Crippen MR) is 110 cm³/mol. The molecule has 4 rings (SSSR count). The first-order valence-corrected chi connectivity index (χ1v) is 10.3. The first-order chi connectivity index (χ1) is 13.7. The third-order valence-electron chi connectivity index (χ3n) is 4.02. The molecule has 0 aliphatic rings. The maximum absolute atomic E-state index is 13.3. The number of hydrogen-bond acceptors (Lipinski definition) is 6. The molecule has 0 aliphatic heterocycles. The molecule has 0 bridgehead atoms. The summed E-state index contributed by atoms with van der Waals surface area (Å²) >= 11 is 2.86. The van der Waals surface area contributed by atoms with E-state index in [-0.39, 0.29) is 17.5 Å². The minimum atomic E-state index is -0.279. The van der Waals surface area contributed by atoms with Crippen LogP contribution in [0.1, 0.15) is 5.69 Å². The molecule has 0 radical (unpaired) electrons. The quantitative estimate of drug-likeness (QED) is 0.379. The van der Waals surface area contributed by atoms with E-state index in [1.54, 1.807) is 18.3 Å². The van der Waals surface area contributed by atoms with E-state index in [0.29, 0.717) is 6.54 Å². The summed E-state index contributed by atoms with van der Waals surface area (Å²) in [6.07, 6.45) is 3.20. The van der Waals surface area contributed by atoms with Crippen molar-refractivity contribution in [3.05, 3.63) is 71.9 Å². The lowest BCUT2D eigenvalue weighted by Crippen LogP contribution is -2.25. The van der Waals surface area contributed by atoms with E-state index >= 15 is 0 Å². The first kappa shape index (κ1) is 18.5. The van der Waals surface area contributed by atoms with Gasteiger partial charge in [0, 0.05) is 17.1 Å². The first-order valence-electron chi connectivity index (χ1n) is 8.48. The molecule has 3 aromatic heterocycles. The fourth-order valence-corrected chi connectivity index (χ4v) is 4.50. The molecule has 0 fully saturated rings. The second kappa shape index (κ2) is 8.45. The Hall–Kier alpha value is -2.84. The van der Waals surface area contributed by atoms with Gasteiger partial charge in [0.05, 0.1) is 23.4 Å². The van der Waals surface area contributed by atoms with Crippen LogP contribution in [0.3, 0.4) is 0 Å². The summed E-state index contributed by atoms with van der Waals surface area (Å²) in [4.78, 5) is 25.9. The number of carbonyl (C=O) groups is 1. The molecule has 0 saturated heterocycles. The summed E-state index contributed by atoms with van der Waals surface area (Å²) in [6.45, 7) is 0.388. The molecule has 28 heavy (non-hydrogen) atoms. The van der Waals surface area contributed by atoms with Crippen molar-refractivity contribution in [2.45, 2.75) is 11.6 Å². The minimum absolute atomic E-state index is 0.0963. The molecule has 0 unspecified atom stereocenters. The molecule has 5 nitrogen and oxygen atoms in total. The number of nitrogens with one attached hydrogen (secondary N) is 1. The number of hydrogen-bond donors (Lipinski definition) is 1. The van der Waals surface area contributed by atoms with Gasteiger partial charge in [0.1, 0.15) is 22.0 Å². The van der Waals surface area contributed by atoms with Gasteiger partial charge in [-0.25, -0.2) is 14.4 Å². The van der Waals surface area contributed by atoms with Gasteiger partial charge in [0.25, 0.3) is 0 Å². The third kappa shape index (κ3) is 4.18. The summed E-state index contributed by atoms with van der Waals surface area (Å²) in [5.41, 5.74) is 2.64. The highest BCUT2D eigenvalue weighted by molar-refractivity contribution is 8.00. The maximum atomic E-state index is 13.3. The molecule has 140 valence electrons. The normalized spacial score (nSPS) is 10.9. The topological polar surface area (TPSA) is 67.8 Å². The fourth-order valence-electron chi connectivity index (χ4n) is 2.68. The number of thiophene rings is 1. The molecule has 1 amide bonds. The van der Waals surface area contributed by atoms with E-state index in [0.717, 1.165) is 32.1 Å². The van der Waals surface area contributed by atoms with Gasteiger partial charge in [-0.3, -0.25) is 9.78 Å². The molecule has 4 aromatic rings. The number of nitrogens with zero attached hydrogens (tertiary/aromatic N) is 3. The molecular formula is C20H15FN4OS2. The van der Waals surface area contributed by atoms with Crippen molar-refractivity contribution in [3.8, 4) is 11.1 Å². The summed E-state index contributed by atoms with van der Waals surface area (Å²) in [7, 11) is 0. The second-order valence-corrected chi connectivity index (χ2v) is 7.72. The van der Waals surface area contributed by atoms with E-state index < -0.39 is 0 Å². The highest BCUT2D eigenvalue weighted by Crippen LogP contribution is 2.37. The molecule has 1 N–H and O–H groups in total. The minimum Gasteiger partial charge on any atom is -0.350 e. The summed E-state index contributed by atoms with van der Waals surface area (Å²) in [5.74, 6) is -0.142. The Balaban J connectivity index is 1.50. The van der Waals surface area contributed by atoms with Crippen LogP contribution in [0, 0.1) is 5.82 Å². The largest absolute Gasteiger partial charge is 0.350 e. The molecular weight excluding hydrogens is 395 g/mol. The van der Waals surface area contributed by atoms with Gasteiger partial charge < -0.3 is 5.32 Å². The zero-order valence-corrected chi connectivity index (χ0v) is 16.3. The third-order valence-corrected chi connectivity index (χ3v) is 5.90. The summed E-state index contributed by atoms with van der Waals surface area (Å²) in [5, 5.41) is 6.47. The summed E-state index contributed by atoms with van der Waals surface area (Å²) in [6, 6.07) is 11.9. The Kier molecular flexibility index (Phi) is 5.59. The number of pyridine rings is 1. The van der Waals surface area contributed by atoms with Gasteiger partial charge >= 0.3 is 0 Å². The van der Waals surface area contributed by atoms with E-state index in [9.17, 15) is 9.18 Å². The number of carbonyl (C=O) groups excluding carboxylic acids is 1. The van der Waals surface area contributed by atoms with Gasteiger partial charge in [-0.15, -0.1) is 11.3 Å². The number of amides is 1. The highest BCUT2D eigenvalue weighted by Gasteiger charge is 2.15. The van der Waals surface area contributed by atoms with Crippen LogP contribution in [0.5, 0.6) is 0 Å². The van der Waals surface area contributed by atoms with Gasteiger partial charge in [-0.05, 0) is 29.8 Å². The van der Waals surface area contributed by atoms with E-state index in [1.807, 2.05) is 23.6 Å². The van der Waals surface area contributed by atoms with Gasteiger partial charge in [-0.2, -0.15) is 0 Å². The predicted octanol–water partition coefficient (Wildman–Crippen LogP) is 4.30. The second-order valence-electron chi connectivity index (χ2n) is 5.90. The number of halogens is 1. The van der Waals surface area contributed by atoms with Gasteiger partial charge in [-0.1, -0.05) is 30.0 Å². The maximum Gasteiger partial charge on any atom is 0.230 e. The van der Waals surface area contributed by atoms with Crippen LogP contribution in [0.2, 0.25) is 0 Å². The van der Waals surface area contributed by atoms with Crippen LogP contribution >= 0.6 is 23.1 Å². The lowest BCUT2D eigenvalue weighted by Gasteiger charge is -2.06. The number of rotatable bonds is 6. The molecule has 0 spiro atoms. The van der Waals surface area contributed by atoms with Crippen LogP contribution in [0.15, 0.2) is 65.4 Å². The van der Waals surface area contributed by atoms with Crippen molar-refractivity contribution >= 4 is 39.2 Å². The average Bonchev–Trinajstić information content (AvgIpc) is 3.17. The number of fused-ring (bicyclic) bond motifs is 1. The molecule has 0 aliphatic carbocycles. The fraction of sp³-hybridized carbons (Fsp3) is 0.100. The van der Waals surface area contributed by atoms with Crippen molar-refractivity contribution in [2.24, 2.45) is 0 Å². The van der Waals surface area contributed by atoms with Crippen LogP contribution in [0.4, 0.5) is 4.39 Å². The molecule has 0 saturated carbocycles. The Labute approximate surface area is 169 Å². The van der Waals surface area contributed by atoms with E-state index in [1.165, 1.54) is 41.6 Å². The van der Waals surface area contributed by atoms with Crippen molar-refractivity contribution in [1.82, 2.24) is 20.3 Å². The Bertz CT molecular complexity index is 1100. The van der Waals surface area contributed by atoms with Crippen LogP contribution in [-0.2, 0) is 11.3 Å². The number of thioether (sulfide) groups is 1. The zero-order chi connectivity index (χ0) is 19.3. The monoisotopic (exact) mass is 410 g/mol. The van der Waals surface area contributed by atoms with Crippen LogP contribution in [-0.4, -0.2) is 26.6 Å². The van der Waals surface area contributed by atoms with E-state index in [2.05, 4.69) is 20.3 Å². The number of benzene rings is 1. The standard InChI is InChI=1S/C20H15FN4OS2/c21-14-6-4-13(5-7-14)16-10-27-19-18(16)20(25-12-24-19)28-11-17(26)23-9-15-3-1-2-8-22-15/h1-8,10,12H,9,11H2,(H,23,26). The van der Waals surface area contributed by atoms with Crippen molar-refractivity contribution in [2.75, 3.05) is 5.75 Å². The lowest BCUT2D eigenvalue weighted by atomic mass is 10.1. The van der Waals surface area contributed by atoms with Crippen molar-refractivity contribution < 1.29 is 9.18 Å². The Morgan fingerprint density at radius 1 is 1.11 bits per heavy atom. The SMILES string of the molecule is O=C(CSc1ncnc2scc(-c3ccc(F)cc3)c12)NCc1ccccn1. The Morgan fingerprint density at radius 3 is 2.75 bits per heavy atom. The van der Waals surface area contributed by atoms with Crippen LogP contribution in [0.25, 0.3) is 21.3 Å². The molecule has 8 heteroatoms. The van der Waals surface area contributed by atoms with Crippen molar-refractivity contribution in [1.29, 1.82) is 0 Å².